The van der Waals surface area contributed by atoms with Crippen molar-refractivity contribution in [3.63, 3.8) is 0 Å². The number of hydrogen-bond donors (Lipinski definition) is 1. The minimum atomic E-state index is -0.966. The van der Waals surface area contributed by atoms with Gasteiger partial charge in [0.1, 0.15) is 5.58 Å². The molecular weight excluding hydrogens is 442 g/mol. The molecular formula is C24H17N3O5S. The Morgan fingerprint density at radius 3 is 2.55 bits per heavy atom. The fraction of sp³-hybridized carbons (Fsp3) is 0.125. The zero-order valence-corrected chi connectivity index (χ0v) is 18.4. The molecule has 33 heavy (non-hydrogen) atoms. The van der Waals surface area contributed by atoms with Gasteiger partial charge < -0.3 is 9.52 Å². The number of nitrogens with zero attached hydrogens (tertiary/aromatic N) is 3. The lowest BCUT2D eigenvalue weighted by molar-refractivity contribution is -0.117. The van der Waals surface area contributed by atoms with Gasteiger partial charge in [0.25, 0.3) is 5.91 Å². The lowest BCUT2D eigenvalue weighted by Gasteiger charge is -2.24. The number of aliphatic hydroxyl groups excluding tert-OH is 1. The number of aliphatic hydroxyl groups is 1. The van der Waals surface area contributed by atoms with Gasteiger partial charge in [-0.25, -0.2) is 4.98 Å². The normalized spacial score (nSPS) is 16.1. The number of hydrogen-bond acceptors (Lipinski definition) is 8. The molecule has 8 nitrogen and oxygen atoms in total. The SMILES string of the molecule is CC(=O)c1sc(N2C(=O)C(O)=C(C(=O)c3cc4ccccc4o3)C2c2ccncc2)nc1C. The first-order valence-corrected chi connectivity index (χ1v) is 10.9. The molecule has 0 aliphatic carbocycles. The van der Waals surface area contributed by atoms with Crippen LogP contribution in [0, 0.1) is 6.92 Å². The summed E-state index contributed by atoms with van der Waals surface area (Å²) in [5.74, 6) is -2.24. The first-order valence-electron chi connectivity index (χ1n) is 10.0. The van der Waals surface area contributed by atoms with E-state index < -0.39 is 23.5 Å². The van der Waals surface area contributed by atoms with Crippen LogP contribution in [0.3, 0.4) is 0 Å². The summed E-state index contributed by atoms with van der Waals surface area (Å²) in [6.07, 6.45) is 3.06. The van der Waals surface area contributed by atoms with Crippen LogP contribution >= 0.6 is 11.3 Å². The number of amides is 1. The molecule has 0 fully saturated rings. The molecule has 164 valence electrons. The zero-order chi connectivity index (χ0) is 23.3. The highest BCUT2D eigenvalue weighted by atomic mass is 32.1. The lowest BCUT2D eigenvalue weighted by Crippen LogP contribution is -2.31. The first kappa shape index (κ1) is 20.8. The molecule has 1 aliphatic rings. The van der Waals surface area contributed by atoms with Crippen LogP contribution in [-0.2, 0) is 4.79 Å². The van der Waals surface area contributed by atoms with Crippen LogP contribution in [-0.4, -0.2) is 32.5 Å². The number of para-hydroxylation sites is 1. The van der Waals surface area contributed by atoms with Crippen LogP contribution in [0.15, 0.2) is 70.6 Å². The molecule has 0 saturated carbocycles. The fourth-order valence-electron chi connectivity index (χ4n) is 3.93. The van der Waals surface area contributed by atoms with E-state index in [0.29, 0.717) is 21.7 Å². The Kier molecular flexibility index (Phi) is 4.90. The molecule has 4 aromatic rings. The summed E-state index contributed by atoms with van der Waals surface area (Å²) in [5, 5.41) is 11.8. The number of pyridine rings is 1. The first-order chi connectivity index (χ1) is 15.9. The summed E-state index contributed by atoms with van der Waals surface area (Å²) in [5.41, 5.74) is 1.42. The molecule has 1 aliphatic heterocycles. The van der Waals surface area contributed by atoms with Gasteiger partial charge in [-0.05, 0) is 36.8 Å². The van der Waals surface area contributed by atoms with Crippen LogP contribution in [0.5, 0.6) is 0 Å². The van der Waals surface area contributed by atoms with Crippen LogP contribution < -0.4 is 4.90 Å². The Balaban J connectivity index is 1.66. The fourth-order valence-corrected chi connectivity index (χ4v) is 4.92. The third-order valence-corrected chi connectivity index (χ3v) is 6.69. The average Bonchev–Trinajstić information content (AvgIpc) is 3.48. The second-order valence-electron chi connectivity index (χ2n) is 7.57. The smallest absolute Gasteiger partial charge is 0.296 e. The molecule has 5 rings (SSSR count). The van der Waals surface area contributed by atoms with Gasteiger partial charge >= 0.3 is 0 Å². The van der Waals surface area contributed by atoms with Crippen molar-refractivity contribution in [2.45, 2.75) is 19.9 Å². The van der Waals surface area contributed by atoms with E-state index in [1.54, 1.807) is 43.3 Å². The van der Waals surface area contributed by atoms with E-state index in [4.69, 9.17) is 4.42 Å². The number of Topliss-reactive ketones (excluding diaryl/α,β-unsaturated/α-hetero) is 2. The molecule has 1 aromatic carbocycles. The molecule has 9 heteroatoms. The molecule has 1 N–H and O–H groups in total. The van der Waals surface area contributed by atoms with Gasteiger partial charge in [0, 0.05) is 24.7 Å². The number of aromatic nitrogens is 2. The van der Waals surface area contributed by atoms with E-state index in [2.05, 4.69) is 9.97 Å². The van der Waals surface area contributed by atoms with E-state index >= 15 is 0 Å². The Hall–Kier alpha value is -4.11. The summed E-state index contributed by atoms with van der Waals surface area (Å²) in [6.45, 7) is 3.09. The maximum Gasteiger partial charge on any atom is 0.296 e. The predicted octanol–water partition coefficient (Wildman–Crippen LogP) is 4.58. The van der Waals surface area contributed by atoms with Gasteiger partial charge in [0.15, 0.2) is 22.4 Å². The maximum atomic E-state index is 13.5. The van der Waals surface area contributed by atoms with Crippen molar-refractivity contribution < 1.29 is 23.9 Å². The largest absolute Gasteiger partial charge is 0.503 e. The Bertz CT molecular complexity index is 1430. The van der Waals surface area contributed by atoms with Gasteiger partial charge in [0.05, 0.1) is 22.2 Å². The number of benzene rings is 1. The Morgan fingerprint density at radius 1 is 1.15 bits per heavy atom. The third-order valence-electron chi connectivity index (χ3n) is 5.44. The van der Waals surface area contributed by atoms with Crippen LogP contribution in [0.2, 0.25) is 0 Å². The quantitative estimate of drug-likeness (QED) is 0.435. The molecule has 4 heterocycles. The number of anilines is 1. The highest BCUT2D eigenvalue weighted by Gasteiger charge is 2.46. The number of thiazole rings is 1. The Morgan fingerprint density at radius 2 is 1.88 bits per heavy atom. The topological polar surface area (TPSA) is 114 Å². The van der Waals surface area contributed by atoms with Crippen LogP contribution in [0.4, 0.5) is 5.13 Å². The van der Waals surface area contributed by atoms with Crippen LogP contribution in [0.25, 0.3) is 11.0 Å². The summed E-state index contributed by atoms with van der Waals surface area (Å²) in [7, 11) is 0. The number of furan rings is 1. The number of fused-ring (bicyclic) bond motifs is 1. The summed E-state index contributed by atoms with van der Waals surface area (Å²) in [6, 6.07) is 11.1. The number of carbonyl (C=O) groups excluding carboxylic acids is 3. The average molecular weight is 459 g/mol. The van der Waals surface area contributed by atoms with Gasteiger partial charge in [-0.1, -0.05) is 29.5 Å². The Labute approximate surface area is 191 Å². The van der Waals surface area contributed by atoms with Crippen molar-refractivity contribution in [3.05, 3.63) is 88.1 Å². The molecule has 1 amide bonds. The van der Waals surface area contributed by atoms with E-state index in [1.165, 1.54) is 24.2 Å². The van der Waals surface area contributed by atoms with Crippen molar-refractivity contribution in [3.8, 4) is 0 Å². The highest BCUT2D eigenvalue weighted by molar-refractivity contribution is 7.17. The van der Waals surface area contributed by atoms with Gasteiger partial charge in [-0.3, -0.25) is 24.3 Å². The summed E-state index contributed by atoms with van der Waals surface area (Å²) in [4.78, 5) is 48.7. The summed E-state index contributed by atoms with van der Waals surface area (Å²) >= 11 is 1.04. The zero-order valence-electron chi connectivity index (χ0n) is 17.6. The second kappa shape index (κ2) is 7.79. The number of aryl methyl sites for hydroxylation is 1. The van der Waals surface area contributed by atoms with E-state index in [-0.39, 0.29) is 22.2 Å². The predicted molar refractivity (Wildman–Crippen MR) is 122 cm³/mol. The van der Waals surface area contributed by atoms with E-state index in [0.717, 1.165) is 16.7 Å². The van der Waals surface area contributed by atoms with E-state index in [9.17, 15) is 19.5 Å². The third kappa shape index (κ3) is 3.33. The monoisotopic (exact) mass is 459 g/mol. The molecule has 0 spiro atoms. The maximum absolute atomic E-state index is 13.5. The molecule has 0 radical (unpaired) electrons. The summed E-state index contributed by atoms with van der Waals surface area (Å²) < 4.78 is 5.71. The molecule has 0 saturated heterocycles. The van der Waals surface area contributed by atoms with Gasteiger partial charge in [-0.15, -0.1) is 0 Å². The minimum Gasteiger partial charge on any atom is -0.503 e. The highest BCUT2D eigenvalue weighted by Crippen LogP contribution is 2.43. The number of rotatable bonds is 5. The molecule has 1 unspecified atom stereocenters. The van der Waals surface area contributed by atoms with Gasteiger partial charge in [-0.2, -0.15) is 0 Å². The second-order valence-corrected chi connectivity index (χ2v) is 8.54. The van der Waals surface area contributed by atoms with Crippen molar-refractivity contribution in [1.29, 1.82) is 0 Å². The van der Waals surface area contributed by atoms with Crippen molar-refractivity contribution in [1.82, 2.24) is 9.97 Å². The number of carbonyl (C=O) groups is 3. The van der Waals surface area contributed by atoms with Crippen molar-refractivity contribution >= 4 is 44.9 Å². The number of ketones is 2. The van der Waals surface area contributed by atoms with Crippen LogP contribution in [0.1, 0.15) is 44.4 Å². The van der Waals surface area contributed by atoms with E-state index in [1.807, 2.05) is 6.07 Å². The lowest BCUT2D eigenvalue weighted by atomic mass is 9.96. The minimum absolute atomic E-state index is 0.00574. The van der Waals surface area contributed by atoms with Crippen molar-refractivity contribution in [2.75, 3.05) is 4.90 Å². The molecule has 1 atom stereocenters. The molecule has 0 bridgehead atoms. The van der Waals surface area contributed by atoms with Crippen molar-refractivity contribution in [2.24, 2.45) is 0 Å². The molecule has 3 aromatic heterocycles. The standard InChI is InChI=1S/C24H17N3O5S/c1-12-22(13(2)28)33-24(26-12)27-19(14-7-9-25-10-8-14)18(21(30)23(27)31)20(29)17-11-15-5-3-4-6-16(15)32-17/h3-11,19,30H,1-2H3. The van der Waals surface area contributed by atoms with Gasteiger partial charge in [0.2, 0.25) is 5.78 Å².